The lowest BCUT2D eigenvalue weighted by molar-refractivity contribution is -0.116. The molecular weight excluding hydrogens is 372 g/mol. The minimum Gasteiger partial charge on any atom is -0.379 e. The normalized spacial score (nSPS) is 23.3. The van der Waals surface area contributed by atoms with Crippen LogP contribution in [0, 0.1) is 0 Å². The summed E-state index contributed by atoms with van der Waals surface area (Å²) in [6, 6.07) is 4.66. The van der Waals surface area contributed by atoms with Gasteiger partial charge in [-0.3, -0.25) is 4.79 Å². The maximum Gasteiger partial charge on any atom is 0.260 e. The van der Waals surface area contributed by atoms with Crippen molar-refractivity contribution in [3.05, 3.63) is 35.5 Å². The molecule has 1 aromatic carbocycles. The number of nitrogens with one attached hydrogen (secondary N) is 1. The van der Waals surface area contributed by atoms with Crippen molar-refractivity contribution >= 4 is 21.6 Å². The third-order valence-corrected chi connectivity index (χ3v) is 6.85. The van der Waals surface area contributed by atoms with Gasteiger partial charge in [0.25, 0.3) is 5.89 Å². The molecule has 1 aromatic heterocycles. The van der Waals surface area contributed by atoms with Crippen molar-refractivity contribution < 1.29 is 22.8 Å². The Morgan fingerprint density at radius 2 is 2.19 bits per heavy atom. The molecule has 0 saturated carbocycles. The smallest absolute Gasteiger partial charge is 0.260 e. The molecule has 9 nitrogen and oxygen atoms in total. The Morgan fingerprint density at radius 1 is 1.37 bits per heavy atom. The third-order valence-electron chi connectivity index (χ3n) is 5.01. The van der Waals surface area contributed by atoms with E-state index in [1.165, 1.54) is 10.4 Å². The van der Waals surface area contributed by atoms with E-state index in [1.54, 1.807) is 12.1 Å². The lowest BCUT2D eigenvalue weighted by atomic mass is 10.0. The molecule has 1 fully saturated rings. The van der Waals surface area contributed by atoms with Crippen LogP contribution in [0.2, 0.25) is 0 Å². The number of aliphatic hydroxyl groups is 1. The average Bonchev–Trinajstić information content (AvgIpc) is 3.29. The molecule has 1 amide bonds. The number of rotatable bonds is 4. The number of hydrogen-bond donors (Lipinski definition) is 2. The highest BCUT2D eigenvalue weighted by molar-refractivity contribution is 7.89. The van der Waals surface area contributed by atoms with Crippen molar-refractivity contribution in [2.24, 2.45) is 0 Å². The van der Waals surface area contributed by atoms with Crippen LogP contribution in [0.4, 0.5) is 5.69 Å². The van der Waals surface area contributed by atoms with E-state index in [4.69, 9.17) is 4.52 Å². The number of carbonyl (C=O) groups is 1. The van der Waals surface area contributed by atoms with Gasteiger partial charge in [0.15, 0.2) is 11.4 Å². The van der Waals surface area contributed by atoms with Crippen LogP contribution >= 0.6 is 0 Å². The molecule has 2 aliphatic heterocycles. The fourth-order valence-corrected chi connectivity index (χ4v) is 4.94. The summed E-state index contributed by atoms with van der Waals surface area (Å²) in [5, 5.41) is 17.3. The second kappa shape index (κ2) is 6.39. The van der Waals surface area contributed by atoms with Gasteiger partial charge in [-0.05, 0) is 30.2 Å². The van der Waals surface area contributed by atoms with Gasteiger partial charge in [0.05, 0.1) is 11.4 Å². The van der Waals surface area contributed by atoms with Crippen LogP contribution in [0.3, 0.4) is 0 Å². The minimum atomic E-state index is -3.79. The van der Waals surface area contributed by atoms with Gasteiger partial charge in [-0.1, -0.05) is 12.1 Å². The molecule has 0 radical (unpaired) electrons. The van der Waals surface area contributed by atoms with E-state index in [0.717, 1.165) is 5.56 Å². The standard InChI is InChI=1S/C17H20N4O5S/c1-2-14-19-16(26-20-14)17(23)7-8-21(10-17)27(24,25)12-4-5-13-11(9-12)3-6-15(22)18-13/h4-5,9,23H,2-3,6-8,10H2,1H3,(H,18,22). The number of aryl methyl sites for hydroxylation is 2. The van der Waals surface area contributed by atoms with E-state index >= 15 is 0 Å². The van der Waals surface area contributed by atoms with E-state index in [1.807, 2.05) is 6.92 Å². The van der Waals surface area contributed by atoms with Crippen molar-refractivity contribution in [2.45, 2.75) is 43.1 Å². The summed E-state index contributed by atoms with van der Waals surface area (Å²) in [6.45, 7) is 1.87. The number of sulfonamides is 1. The molecule has 144 valence electrons. The largest absolute Gasteiger partial charge is 0.379 e. The molecule has 10 heteroatoms. The first-order chi connectivity index (χ1) is 12.8. The Kier molecular flexibility index (Phi) is 4.28. The Bertz CT molecular complexity index is 1000. The lowest BCUT2D eigenvalue weighted by Gasteiger charge is -2.21. The fourth-order valence-electron chi connectivity index (χ4n) is 3.40. The summed E-state index contributed by atoms with van der Waals surface area (Å²) in [5.74, 6) is 0.440. The lowest BCUT2D eigenvalue weighted by Crippen LogP contribution is -2.34. The number of β-amino-alcohol motifs (C(OH)–C–C–N with tert-alkyl or cyclic N) is 1. The number of amides is 1. The predicted molar refractivity (Wildman–Crippen MR) is 94.3 cm³/mol. The van der Waals surface area contributed by atoms with Crippen molar-refractivity contribution in [1.29, 1.82) is 0 Å². The number of benzene rings is 1. The SMILES string of the molecule is CCc1noc(C2(O)CCN(S(=O)(=O)c3ccc4c(c3)CCC(=O)N4)C2)n1. The maximum atomic E-state index is 13.0. The van der Waals surface area contributed by atoms with Crippen molar-refractivity contribution in [3.8, 4) is 0 Å². The first kappa shape index (κ1) is 18.1. The molecule has 2 aliphatic rings. The number of anilines is 1. The van der Waals surface area contributed by atoms with Crippen molar-refractivity contribution in [1.82, 2.24) is 14.4 Å². The monoisotopic (exact) mass is 392 g/mol. The zero-order chi connectivity index (χ0) is 19.2. The molecule has 0 spiro atoms. The number of fused-ring (bicyclic) bond motifs is 1. The van der Waals surface area contributed by atoms with E-state index < -0.39 is 15.6 Å². The van der Waals surface area contributed by atoms with Gasteiger partial charge in [-0.2, -0.15) is 9.29 Å². The van der Waals surface area contributed by atoms with Crippen LogP contribution in [0.25, 0.3) is 0 Å². The summed E-state index contributed by atoms with van der Waals surface area (Å²) >= 11 is 0. The molecule has 1 saturated heterocycles. The summed E-state index contributed by atoms with van der Waals surface area (Å²) < 4.78 is 32.4. The Hall–Kier alpha value is -2.30. The van der Waals surface area contributed by atoms with E-state index in [2.05, 4.69) is 15.5 Å². The first-order valence-electron chi connectivity index (χ1n) is 8.80. The van der Waals surface area contributed by atoms with Crippen LogP contribution in [-0.4, -0.2) is 47.0 Å². The van der Waals surface area contributed by atoms with Gasteiger partial charge >= 0.3 is 0 Å². The molecule has 4 rings (SSSR count). The summed E-state index contributed by atoms with van der Waals surface area (Å²) in [4.78, 5) is 15.7. The van der Waals surface area contributed by atoms with Gasteiger partial charge in [-0.25, -0.2) is 8.42 Å². The molecule has 27 heavy (non-hydrogen) atoms. The first-order valence-corrected chi connectivity index (χ1v) is 10.2. The van der Waals surface area contributed by atoms with Crippen LogP contribution in [0.1, 0.15) is 37.0 Å². The summed E-state index contributed by atoms with van der Waals surface area (Å²) in [5.41, 5.74) is -0.0638. The van der Waals surface area contributed by atoms with Crippen LogP contribution < -0.4 is 5.32 Å². The maximum absolute atomic E-state index is 13.0. The topological polar surface area (TPSA) is 126 Å². The highest BCUT2D eigenvalue weighted by atomic mass is 32.2. The predicted octanol–water partition coefficient (Wildman–Crippen LogP) is 0.799. The third kappa shape index (κ3) is 3.13. The molecular formula is C17H20N4O5S. The van der Waals surface area contributed by atoms with E-state index in [0.29, 0.717) is 30.8 Å². The van der Waals surface area contributed by atoms with Crippen LogP contribution in [0.5, 0.6) is 0 Å². The Morgan fingerprint density at radius 3 is 2.93 bits per heavy atom. The second-order valence-corrected chi connectivity index (χ2v) is 8.79. The van der Waals surface area contributed by atoms with Gasteiger partial charge < -0.3 is 14.9 Å². The molecule has 0 bridgehead atoms. The zero-order valence-electron chi connectivity index (χ0n) is 14.8. The molecule has 0 aliphatic carbocycles. The average molecular weight is 392 g/mol. The van der Waals surface area contributed by atoms with Gasteiger partial charge in [0.1, 0.15) is 0 Å². The zero-order valence-corrected chi connectivity index (χ0v) is 15.6. The van der Waals surface area contributed by atoms with Gasteiger partial charge in [0, 0.05) is 31.5 Å². The molecule has 1 unspecified atom stereocenters. The van der Waals surface area contributed by atoms with E-state index in [9.17, 15) is 18.3 Å². The summed E-state index contributed by atoms with van der Waals surface area (Å²) in [7, 11) is -3.79. The van der Waals surface area contributed by atoms with Crippen LogP contribution in [-0.2, 0) is 33.3 Å². The Labute approximate surface area is 156 Å². The second-order valence-electron chi connectivity index (χ2n) is 6.86. The highest BCUT2D eigenvalue weighted by Gasteiger charge is 2.46. The highest BCUT2D eigenvalue weighted by Crippen LogP contribution is 2.35. The van der Waals surface area contributed by atoms with Gasteiger partial charge in [-0.15, -0.1) is 0 Å². The van der Waals surface area contributed by atoms with Crippen LogP contribution in [0.15, 0.2) is 27.6 Å². The van der Waals surface area contributed by atoms with Gasteiger partial charge in [0.2, 0.25) is 15.9 Å². The summed E-state index contributed by atoms with van der Waals surface area (Å²) in [6.07, 6.45) is 1.57. The number of hydrogen-bond acceptors (Lipinski definition) is 7. The Balaban J connectivity index is 1.59. The number of aromatic nitrogens is 2. The van der Waals surface area contributed by atoms with Crippen molar-refractivity contribution in [3.63, 3.8) is 0 Å². The molecule has 2 N–H and O–H groups in total. The molecule has 3 heterocycles. The number of nitrogens with zero attached hydrogens (tertiary/aromatic N) is 3. The quantitative estimate of drug-likeness (QED) is 0.788. The molecule has 1 atom stereocenters. The minimum absolute atomic E-state index is 0.0465. The fraction of sp³-hybridized carbons (Fsp3) is 0.471. The molecule has 2 aromatic rings. The van der Waals surface area contributed by atoms with Crippen molar-refractivity contribution in [2.75, 3.05) is 18.4 Å². The van der Waals surface area contributed by atoms with E-state index in [-0.39, 0.29) is 36.2 Å². The number of carbonyl (C=O) groups excluding carboxylic acids is 1.